The van der Waals surface area contributed by atoms with Gasteiger partial charge >= 0.3 is 6.18 Å². The van der Waals surface area contributed by atoms with Crippen LogP contribution < -0.4 is 9.64 Å². The molecule has 0 amide bonds. The lowest BCUT2D eigenvalue weighted by Gasteiger charge is -2.28. The molecule has 1 unspecified atom stereocenters. The molecule has 0 bridgehead atoms. The Morgan fingerprint density at radius 2 is 2.04 bits per heavy atom. The molecule has 5 nitrogen and oxygen atoms in total. The predicted molar refractivity (Wildman–Crippen MR) is 90.4 cm³/mol. The molecule has 1 aromatic carbocycles. The third-order valence-corrected chi connectivity index (χ3v) is 4.87. The van der Waals surface area contributed by atoms with Crippen LogP contribution in [-0.2, 0) is 10.9 Å². The monoisotopic (exact) mass is 367 g/mol. The first-order chi connectivity index (χ1) is 12.5. The average molecular weight is 367 g/mol. The van der Waals surface area contributed by atoms with Gasteiger partial charge in [-0.2, -0.15) is 13.2 Å². The van der Waals surface area contributed by atoms with Crippen LogP contribution in [0.15, 0.2) is 18.2 Å². The SMILES string of the molecule is COc1ccc2nc(C(F)(F)F)nc(N(CC3CCOC3)C3CC3)c2c1. The highest BCUT2D eigenvalue weighted by Gasteiger charge is 2.38. The maximum atomic E-state index is 13.3. The summed E-state index contributed by atoms with van der Waals surface area (Å²) in [6.07, 6.45) is -1.75. The summed E-state index contributed by atoms with van der Waals surface area (Å²) in [6.45, 7) is 1.99. The summed E-state index contributed by atoms with van der Waals surface area (Å²) >= 11 is 0. The summed E-state index contributed by atoms with van der Waals surface area (Å²) in [5.41, 5.74) is 0.274. The molecule has 0 N–H and O–H groups in total. The maximum absolute atomic E-state index is 13.3. The topological polar surface area (TPSA) is 47.5 Å². The number of ether oxygens (including phenoxy) is 2. The first-order valence-electron chi connectivity index (χ1n) is 8.73. The zero-order valence-electron chi connectivity index (χ0n) is 14.4. The molecule has 1 aromatic heterocycles. The van der Waals surface area contributed by atoms with Crippen LogP contribution in [0, 0.1) is 5.92 Å². The summed E-state index contributed by atoms with van der Waals surface area (Å²) in [7, 11) is 1.53. The lowest BCUT2D eigenvalue weighted by Crippen LogP contribution is -2.33. The molecule has 0 spiro atoms. The van der Waals surface area contributed by atoms with Gasteiger partial charge in [0.1, 0.15) is 11.6 Å². The Morgan fingerprint density at radius 3 is 2.65 bits per heavy atom. The van der Waals surface area contributed by atoms with E-state index in [1.165, 1.54) is 7.11 Å². The number of methoxy groups -OCH3 is 1. The highest BCUT2D eigenvalue weighted by atomic mass is 19.4. The molecular formula is C18H20F3N3O2. The summed E-state index contributed by atoms with van der Waals surface area (Å²) in [6, 6.07) is 5.11. The van der Waals surface area contributed by atoms with Gasteiger partial charge in [-0.25, -0.2) is 9.97 Å². The summed E-state index contributed by atoms with van der Waals surface area (Å²) in [5.74, 6) is 0.122. The van der Waals surface area contributed by atoms with Crippen molar-refractivity contribution >= 4 is 16.7 Å². The van der Waals surface area contributed by atoms with Gasteiger partial charge in [0, 0.05) is 30.5 Å². The van der Waals surface area contributed by atoms with E-state index in [1.54, 1.807) is 18.2 Å². The van der Waals surface area contributed by atoms with Crippen molar-refractivity contribution in [1.82, 2.24) is 9.97 Å². The van der Waals surface area contributed by atoms with E-state index in [2.05, 4.69) is 9.97 Å². The average Bonchev–Trinajstić information content (AvgIpc) is 3.33. The largest absolute Gasteiger partial charge is 0.497 e. The Morgan fingerprint density at radius 1 is 1.23 bits per heavy atom. The van der Waals surface area contributed by atoms with Crippen LogP contribution in [0.4, 0.5) is 19.0 Å². The third-order valence-electron chi connectivity index (χ3n) is 4.87. The number of alkyl halides is 3. The van der Waals surface area contributed by atoms with Gasteiger partial charge in [0.2, 0.25) is 5.82 Å². The summed E-state index contributed by atoms with van der Waals surface area (Å²) in [4.78, 5) is 9.69. The third kappa shape index (κ3) is 3.42. The second kappa shape index (κ2) is 6.57. The Hall–Kier alpha value is -2.09. The minimum Gasteiger partial charge on any atom is -0.497 e. The number of rotatable bonds is 5. The number of hydrogen-bond acceptors (Lipinski definition) is 5. The molecule has 2 heterocycles. The van der Waals surface area contributed by atoms with Crippen molar-refractivity contribution < 1.29 is 22.6 Å². The van der Waals surface area contributed by atoms with Crippen LogP contribution >= 0.6 is 0 Å². The highest BCUT2D eigenvalue weighted by Crippen LogP contribution is 2.38. The van der Waals surface area contributed by atoms with E-state index in [1.807, 2.05) is 4.90 Å². The van der Waals surface area contributed by atoms with Gasteiger partial charge in [-0.15, -0.1) is 0 Å². The number of aromatic nitrogens is 2. The van der Waals surface area contributed by atoms with Gasteiger partial charge in [-0.05, 0) is 37.5 Å². The fourth-order valence-electron chi connectivity index (χ4n) is 3.36. The van der Waals surface area contributed by atoms with E-state index < -0.39 is 12.0 Å². The molecule has 26 heavy (non-hydrogen) atoms. The van der Waals surface area contributed by atoms with Crippen molar-refractivity contribution in [3.8, 4) is 5.75 Å². The Bertz CT molecular complexity index is 802. The predicted octanol–water partition coefficient (Wildman–Crippen LogP) is 3.66. The normalized spacial score (nSPS) is 20.5. The minimum absolute atomic E-state index is 0.223. The van der Waals surface area contributed by atoms with Crippen molar-refractivity contribution in [2.75, 3.05) is 31.8 Å². The molecule has 2 fully saturated rings. The molecule has 8 heteroatoms. The molecule has 1 atom stereocenters. The fourth-order valence-corrected chi connectivity index (χ4v) is 3.36. The molecule has 4 rings (SSSR count). The Kier molecular flexibility index (Phi) is 4.38. The van der Waals surface area contributed by atoms with E-state index in [-0.39, 0.29) is 11.6 Å². The van der Waals surface area contributed by atoms with E-state index in [0.29, 0.717) is 42.6 Å². The van der Waals surface area contributed by atoms with Gasteiger partial charge in [-0.1, -0.05) is 0 Å². The smallest absolute Gasteiger partial charge is 0.451 e. The number of anilines is 1. The molecule has 1 saturated heterocycles. The molecule has 2 aromatic rings. The first-order valence-corrected chi connectivity index (χ1v) is 8.73. The molecule has 1 aliphatic carbocycles. The Balaban J connectivity index is 1.83. The van der Waals surface area contributed by atoms with E-state index in [9.17, 15) is 13.2 Å². The van der Waals surface area contributed by atoms with Gasteiger partial charge in [0.15, 0.2) is 0 Å². The molecule has 1 saturated carbocycles. The second-order valence-electron chi connectivity index (χ2n) is 6.86. The van der Waals surface area contributed by atoms with Crippen molar-refractivity contribution in [3.05, 3.63) is 24.0 Å². The van der Waals surface area contributed by atoms with Crippen molar-refractivity contribution in [1.29, 1.82) is 0 Å². The van der Waals surface area contributed by atoms with Gasteiger partial charge in [0.25, 0.3) is 0 Å². The van der Waals surface area contributed by atoms with Crippen LogP contribution in [-0.4, -0.2) is 42.9 Å². The quantitative estimate of drug-likeness (QED) is 0.807. The number of nitrogens with zero attached hydrogens (tertiary/aromatic N) is 3. The van der Waals surface area contributed by atoms with Crippen molar-refractivity contribution in [3.63, 3.8) is 0 Å². The fraction of sp³-hybridized carbons (Fsp3) is 0.556. The molecule has 140 valence electrons. The zero-order chi connectivity index (χ0) is 18.3. The number of fused-ring (bicyclic) bond motifs is 1. The van der Waals surface area contributed by atoms with Crippen LogP contribution in [0.3, 0.4) is 0 Å². The van der Waals surface area contributed by atoms with E-state index >= 15 is 0 Å². The summed E-state index contributed by atoms with van der Waals surface area (Å²) < 4.78 is 50.7. The van der Waals surface area contributed by atoms with Gasteiger partial charge in [-0.3, -0.25) is 0 Å². The van der Waals surface area contributed by atoms with Crippen LogP contribution in [0.2, 0.25) is 0 Å². The Labute approximate surface area is 149 Å². The van der Waals surface area contributed by atoms with Crippen LogP contribution in [0.5, 0.6) is 5.75 Å². The van der Waals surface area contributed by atoms with E-state index in [0.717, 1.165) is 19.3 Å². The van der Waals surface area contributed by atoms with E-state index in [4.69, 9.17) is 9.47 Å². The second-order valence-corrected chi connectivity index (χ2v) is 6.86. The van der Waals surface area contributed by atoms with Crippen molar-refractivity contribution in [2.24, 2.45) is 5.92 Å². The molecule has 0 radical (unpaired) electrons. The number of benzene rings is 1. The number of halogens is 3. The van der Waals surface area contributed by atoms with Gasteiger partial charge < -0.3 is 14.4 Å². The van der Waals surface area contributed by atoms with Crippen LogP contribution in [0.25, 0.3) is 10.9 Å². The first kappa shape index (κ1) is 17.3. The lowest BCUT2D eigenvalue weighted by atomic mass is 10.1. The molecular weight excluding hydrogens is 347 g/mol. The zero-order valence-corrected chi connectivity index (χ0v) is 14.4. The number of hydrogen-bond donors (Lipinski definition) is 0. The van der Waals surface area contributed by atoms with Gasteiger partial charge in [0.05, 0.1) is 19.2 Å². The lowest BCUT2D eigenvalue weighted by molar-refractivity contribution is -0.144. The van der Waals surface area contributed by atoms with Crippen LogP contribution in [0.1, 0.15) is 25.1 Å². The molecule has 2 aliphatic rings. The van der Waals surface area contributed by atoms with Crippen molar-refractivity contribution in [2.45, 2.75) is 31.5 Å². The standard InChI is InChI=1S/C18H20F3N3O2/c1-25-13-4-5-15-14(8-13)16(23-17(22-15)18(19,20)21)24(12-2-3-12)9-11-6-7-26-10-11/h4-5,8,11-12H,2-3,6-7,9-10H2,1H3. The molecule has 1 aliphatic heterocycles. The summed E-state index contributed by atoms with van der Waals surface area (Å²) in [5, 5.41) is 0.586. The minimum atomic E-state index is -4.59. The highest BCUT2D eigenvalue weighted by molar-refractivity contribution is 5.91. The maximum Gasteiger partial charge on any atom is 0.451 e.